The Hall–Kier alpha value is -5.18. The van der Waals surface area contributed by atoms with E-state index in [-0.39, 0.29) is 84.0 Å². The summed E-state index contributed by atoms with van der Waals surface area (Å²) in [6, 6.07) is 5.42. The van der Waals surface area contributed by atoms with Gasteiger partial charge in [-0.25, -0.2) is 9.97 Å². The first-order chi connectivity index (χ1) is 37.1. The number of hydrogen-bond donors (Lipinski definition) is 4. The van der Waals surface area contributed by atoms with Crippen LogP contribution in [0.5, 0.6) is 0 Å². The minimum Gasteiger partial charge on any atom is -0.379 e. The number of nitrogens with one attached hydrogen (secondary N) is 4. The van der Waals surface area contributed by atoms with Gasteiger partial charge in [0.2, 0.25) is 23.6 Å². The highest BCUT2D eigenvalue weighted by Crippen LogP contribution is 2.37. The van der Waals surface area contributed by atoms with Crippen LogP contribution in [0, 0.1) is 5.92 Å². The number of carbonyl (C=O) groups excluding carboxylic acids is 4. The number of nitrogens with zero attached hydrogens (tertiary/aromatic N) is 5. The van der Waals surface area contributed by atoms with Gasteiger partial charge in [0.15, 0.2) is 0 Å². The molecule has 1 aliphatic carbocycles. The molecular weight excluding hydrogens is 1010 g/mol. The summed E-state index contributed by atoms with van der Waals surface area (Å²) in [6.07, 6.45) is 2.85. The lowest BCUT2D eigenvalue weighted by atomic mass is 9.84. The van der Waals surface area contributed by atoms with E-state index in [0.29, 0.717) is 137 Å². The second kappa shape index (κ2) is 31.4. The molecule has 4 heterocycles. The van der Waals surface area contributed by atoms with Crippen LogP contribution in [0.2, 0.25) is 0 Å². The number of benzene rings is 1. The minimum absolute atomic E-state index is 0.0727. The van der Waals surface area contributed by atoms with E-state index < -0.39 is 23.7 Å². The molecule has 3 aliphatic rings. The van der Waals surface area contributed by atoms with Crippen LogP contribution in [0.4, 0.5) is 19.0 Å². The predicted molar refractivity (Wildman–Crippen MR) is 277 cm³/mol. The SMILES string of the molecule is CN1C(=O)CC(C(=O)NCCOCCOCCOCCOCCOCCOCCOCCOCCC(=O)N[C@@H]2C[C@H](NC(C)(C)C)CC[C@@H]2N2CC[C@H](Nc3ncnc4ccc(C(F)(F)F)cc34)C2=O)C1c1cccnc1. The van der Waals surface area contributed by atoms with Gasteiger partial charge >= 0.3 is 6.18 Å². The molecule has 21 nitrogen and oxygen atoms in total. The molecule has 0 radical (unpaired) electrons. The standard InChI is InChI=1S/C53H78F3N9O12/c1-52(2,3)63-39-8-10-45(65-15-11-43(51(65)69)62-49-40-32-38(53(54,55)56)7-9-42(40)59-36-60-49)44(33-39)61-46(66)12-16-70-18-20-72-22-24-74-26-28-76-30-31-77-29-27-75-25-23-73-21-19-71-17-14-58-50(68)41-34-47(67)64(4)48(41)37-6-5-13-57-35-37/h5-7,9,13,32,35-36,39,41,43-45,48,63H,8,10-12,14-31,33-34H2,1-4H3,(H,58,68)(H,61,66)(H,59,60,62)/t39-,41?,43+,44-,45+,48?/m1/s1. The topological polar surface area (TPSA) is 235 Å². The van der Waals surface area contributed by atoms with E-state index in [2.05, 4.69) is 57.0 Å². The Kier molecular flexibility index (Phi) is 24.9. The van der Waals surface area contributed by atoms with Crippen molar-refractivity contribution in [3.63, 3.8) is 0 Å². The number of rotatable bonds is 34. The lowest BCUT2D eigenvalue weighted by Crippen LogP contribution is -2.59. The van der Waals surface area contributed by atoms with Crippen LogP contribution in [0.3, 0.4) is 0 Å². The average molecular weight is 1090 g/mol. The number of fused-ring (bicyclic) bond motifs is 1. The molecule has 6 atom stereocenters. The van der Waals surface area contributed by atoms with E-state index in [1.54, 1.807) is 35.3 Å². The number of alkyl halides is 3. The molecule has 6 rings (SSSR count). The Bertz CT molecular complexity index is 2280. The smallest absolute Gasteiger partial charge is 0.379 e. The highest BCUT2D eigenvalue weighted by molar-refractivity contribution is 5.93. The van der Waals surface area contributed by atoms with E-state index in [0.717, 1.165) is 24.1 Å². The van der Waals surface area contributed by atoms with E-state index in [4.69, 9.17) is 37.9 Å². The molecule has 4 N–H and O–H groups in total. The maximum absolute atomic E-state index is 13.9. The van der Waals surface area contributed by atoms with Crippen LogP contribution >= 0.6 is 0 Å². The predicted octanol–water partition coefficient (Wildman–Crippen LogP) is 3.71. The molecular formula is C53H78F3N9O12. The summed E-state index contributed by atoms with van der Waals surface area (Å²) in [6.45, 7) is 13.0. The van der Waals surface area contributed by atoms with Crippen molar-refractivity contribution in [1.82, 2.24) is 40.7 Å². The number of ether oxygens (including phenoxy) is 8. The van der Waals surface area contributed by atoms with Crippen molar-refractivity contribution in [2.24, 2.45) is 5.92 Å². The maximum atomic E-state index is 13.9. The first-order valence-electron chi connectivity index (χ1n) is 26.6. The first-order valence-corrected chi connectivity index (χ1v) is 26.6. The quantitative estimate of drug-likeness (QED) is 0.0624. The number of halogens is 3. The van der Waals surface area contributed by atoms with Crippen molar-refractivity contribution in [2.45, 2.75) is 101 Å². The molecule has 1 aromatic carbocycles. The lowest BCUT2D eigenvalue weighted by Gasteiger charge is -2.43. The maximum Gasteiger partial charge on any atom is 0.416 e. The summed E-state index contributed by atoms with van der Waals surface area (Å²) in [5.74, 6) is -0.963. The van der Waals surface area contributed by atoms with Gasteiger partial charge in [0, 0.05) is 62.3 Å². The highest BCUT2D eigenvalue weighted by Gasteiger charge is 2.44. The van der Waals surface area contributed by atoms with Crippen molar-refractivity contribution in [1.29, 1.82) is 0 Å². The van der Waals surface area contributed by atoms with Gasteiger partial charge in [0.05, 0.1) is 141 Å². The number of anilines is 1. The van der Waals surface area contributed by atoms with Crippen molar-refractivity contribution in [3.8, 4) is 0 Å². The fourth-order valence-corrected chi connectivity index (χ4v) is 9.68. The molecule has 2 saturated heterocycles. The minimum atomic E-state index is -4.55. The van der Waals surface area contributed by atoms with Crippen molar-refractivity contribution in [3.05, 3.63) is 60.2 Å². The summed E-state index contributed by atoms with van der Waals surface area (Å²) < 4.78 is 85.1. The number of aromatic nitrogens is 3. The van der Waals surface area contributed by atoms with E-state index >= 15 is 0 Å². The fraction of sp³-hybridized carbons (Fsp3) is 0.679. The third-order valence-electron chi connectivity index (χ3n) is 13.3. The van der Waals surface area contributed by atoms with Gasteiger partial charge < -0.3 is 69.0 Å². The lowest BCUT2D eigenvalue weighted by molar-refractivity contribution is -0.137. The van der Waals surface area contributed by atoms with Crippen LogP contribution in [-0.4, -0.2) is 204 Å². The van der Waals surface area contributed by atoms with Crippen molar-refractivity contribution >= 4 is 40.3 Å². The third-order valence-corrected chi connectivity index (χ3v) is 13.3. The summed E-state index contributed by atoms with van der Waals surface area (Å²) in [5.41, 5.74) is 0.181. The number of likely N-dealkylation sites (tertiary alicyclic amines) is 2. The molecule has 3 fully saturated rings. The number of amides is 4. The van der Waals surface area contributed by atoms with Crippen molar-refractivity contribution in [2.75, 3.05) is 131 Å². The summed E-state index contributed by atoms with van der Waals surface area (Å²) in [7, 11) is 1.71. The number of hydrogen-bond acceptors (Lipinski definition) is 17. The van der Waals surface area contributed by atoms with Gasteiger partial charge in [0.25, 0.3) is 0 Å². The zero-order chi connectivity index (χ0) is 55.0. The van der Waals surface area contributed by atoms with Gasteiger partial charge in [-0.15, -0.1) is 0 Å². The molecule has 4 amide bonds. The Morgan fingerprint density at radius 2 is 1.35 bits per heavy atom. The monoisotopic (exact) mass is 1090 g/mol. The zero-order valence-corrected chi connectivity index (χ0v) is 44.8. The number of carbonyl (C=O) groups is 4. The van der Waals surface area contributed by atoms with Crippen LogP contribution in [0.15, 0.2) is 49.1 Å². The van der Waals surface area contributed by atoms with Crippen molar-refractivity contribution < 1.29 is 70.2 Å². The molecule has 0 spiro atoms. The summed E-state index contributed by atoms with van der Waals surface area (Å²) in [4.78, 5) is 68.2. The van der Waals surface area contributed by atoms with Gasteiger partial charge in [0.1, 0.15) is 18.2 Å². The largest absolute Gasteiger partial charge is 0.416 e. The molecule has 1 saturated carbocycles. The Balaban J connectivity index is 0.719. The Morgan fingerprint density at radius 3 is 1.92 bits per heavy atom. The molecule has 3 aromatic rings. The molecule has 428 valence electrons. The molecule has 0 bridgehead atoms. The Labute approximate surface area is 448 Å². The first kappa shape index (κ1) is 61.0. The normalized spacial score (nSPS) is 21.1. The second-order valence-corrected chi connectivity index (χ2v) is 20.1. The fourth-order valence-electron chi connectivity index (χ4n) is 9.68. The summed E-state index contributed by atoms with van der Waals surface area (Å²) in [5, 5.41) is 13.0. The van der Waals surface area contributed by atoms with Gasteiger partial charge in [-0.05, 0) is 76.3 Å². The van der Waals surface area contributed by atoms with Gasteiger partial charge in [-0.3, -0.25) is 24.2 Å². The molecule has 2 aliphatic heterocycles. The number of pyridine rings is 1. The van der Waals surface area contributed by atoms with Crippen LogP contribution in [-0.2, 0) is 63.2 Å². The van der Waals surface area contributed by atoms with Gasteiger partial charge in [-0.1, -0.05) is 6.07 Å². The van der Waals surface area contributed by atoms with E-state index in [1.807, 2.05) is 6.07 Å². The molecule has 2 aromatic heterocycles. The van der Waals surface area contributed by atoms with E-state index in [1.165, 1.54) is 12.4 Å². The second-order valence-electron chi connectivity index (χ2n) is 20.1. The molecule has 24 heteroatoms. The van der Waals surface area contributed by atoms with Gasteiger partial charge in [-0.2, -0.15) is 13.2 Å². The van der Waals surface area contributed by atoms with Crippen LogP contribution < -0.4 is 21.3 Å². The molecule has 77 heavy (non-hydrogen) atoms. The van der Waals surface area contributed by atoms with Crippen LogP contribution in [0.1, 0.15) is 76.5 Å². The highest BCUT2D eigenvalue weighted by atomic mass is 19.4. The zero-order valence-electron chi connectivity index (χ0n) is 44.8. The summed E-state index contributed by atoms with van der Waals surface area (Å²) >= 11 is 0. The average Bonchev–Trinajstić information content (AvgIpc) is 3.92. The molecule has 2 unspecified atom stereocenters. The van der Waals surface area contributed by atoms with E-state index in [9.17, 15) is 32.3 Å². The Morgan fingerprint density at radius 1 is 0.753 bits per heavy atom. The third kappa shape index (κ3) is 20.2. The van der Waals surface area contributed by atoms with Crippen LogP contribution in [0.25, 0.3) is 10.9 Å².